The predicted octanol–water partition coefficient (Wildman–Crippen LogP) is 3.32. The predicted molar refractivity (Wildman–Crippen MR) is 83.8 cm³/mol. The molecule has 0 saturated heterocycles. The van der Waals surface area contributed by atoms with Gasteiger partial charge in [0.1, 0.15) is 0 Å². The van der Waals surface area contributed by atoms with Crippen molar-refractivity contribution in [1.29, 1.82) is 0 Å². The third kappa shape index (κ3) is 3.30. The summed E-state index contributed by atoms with van der Waals surface area (Å²) in [4.78, 5) is 2.58. The molecule has 0 saturated carbocycles. The van der Waals surface area contributed by atoms with Gasteiger partial charge in [0.25, 0.3) is 0 Å². The summed E-state index contributed by atoms with van der Waals surface area (Å²) in [5, 5.41) is 3.50. The molecule has 3 unspecified atom stereocenters. The summed E-state index contributed by atoms with van der Waals surface area (Å²) < 4.78 is 0. The number of para-hydroxylation sites is 1. The van der Waals surface area contributed by atoms with E-state index in [4.69, 9.17) is 0 Å². The van der Waals surface area contributed by atoms with Crippen LogP contribution in [0.4, 0.5) is 5.69 Å². The van der Waals surface area contributed by atoms with Crippen molar-refractivity contribution in [3.63, 3.8) is 0 Å². The van der Waals surface area contributed by atoms with Gasteiger partial charge in [0.05, 0.1) is 0 Å². The monoisotopic (exact) mass is 260 g/mol. The lowest BCUT2D eigenvalue weighted by atomic mass is 9.92. The Labute approximate surface area is 118 Å². The van der Waals surface area contributed by atoms with Crippen LogP contribution in [0.5, 0.6) is 0 Å². The summed E-state index contributed by atoms with van der Waals surface area (Å²) in [5.74, 6) is 1.47. The van der Waals surface area contributed by atoms with Gasteiger partial charge in [-0.3, -0.25) is 0 Å². The van der Waals surface area contributed by atoms with Gasteiger partial charge >= 0.3 is 0 Å². The first-order valence-electron chi connectivity index (χ1n) is 7.65. The Balaban J connectivity index is 2.16. The van der Waals surface area contributed by atoms with Crippen LogP contribution in [0, 0.1) is 11.8 Å². The average molecular weight is 260 g/mol. The summed E-state index contributed by atoms with van der Waals surface area (Å²) in [6, 6.07) is 9.47. The molecular weight excluding hydrogens is 232 g/mol. The Morgan fingerprint density at radius 3 is 2.79 bits per heavy atom. The van der Waals surface area contributed by atoms with E-state index in [2.05, 4.69) is 62.3 Å². The fraction of sp³-hybridized carbons (Fsp3) is 0.647. The molecule has 0 amide bonds. The molecule has 2 nitrogen and oxygen atoms in total. The molecule has 1 aliphatic heterocycles. The Morgan fingerprint density at radius 2 is 2.11 bits per heavy atom. The summed E-state index contributed by atoms with van der Waals surface area (Å²) in [6.45, 7) is 9.29. The Bertz CT molecular complexity index is 402. The molecule has 1 heterocycles. The van der Waals surface area contributed by atoms with E-state index < -0.39 is 0 Å². The highest BCUT2D eigenvalue weighted by atomic mass is 15.2. The molecule has 1 N–H and O–H groups in total. The van der Waals surface area contributed by atoms with Crippen LogP contribution in [0.2, 0.25) is 0 Å². The van der Waals surface area contributed by atoms with Crippen LogP contribution in [0.3, 0.4) is 0 Å². The van der Waals surface area contributed by atoms with Crippen molar-refractivity contribution in [2.45, 2.75) is 39.7 Å². The number of likely N-dealkylation sites (N-methyl/N-ethyl adjacent to an activating group) is 1. The standard InChI is InChI=1S/C17H28N2/c1-5-14(3)16(18-4)12-19-11-13(2)10-15-8-6-7-9-17(15)19/h6-9,13-14,16,18H,5,10-12H2,1-4H3. The molecule has 106 valence electrons. The minimum Gasteiger partial charge on any atom is -0.369 e. The van der Waals surface area contributed by atoms with Gasteiger partial charge in [-0.25, -0.2) is 0 Å². The number of fused-ring (bicyclic) bond motifs is 1. The second-order valence-electron chi connectivity index (χ2n) is 6.12. The maximum atomic E-state index is 3.50. The number of benzene rings is 1. The van der Waals surface area contributed by atoms with Gasteiger partial charge in [0.2, 0.25) is 0 Å². The minimum absolute atomic E-state index is 0.573. The molecule has 0 aliphatic carbocycles. The van der Waals surface area contributed by atoms with Crippen LogP contribution in [-0.2, 0) is 6.42 Å². The third-order valence-electron chi connectivity index (χ3n) is 4.55. The molecule has 1 aliphatic rings. The van der Waals surface area contributed by atoms with E-state index in [0.717, 1.165) is 18.4 Å². The molecule has 0 radical (unpaired) electrons. The van der Waals surface area contributed by atoms with E-state index in [0.29, 0.717) is 6.04 Å². The van der Waals surface area contributed by atoms with Gasteiger partial charge in [-0.2, -0.15) is 0 Å². The number of hydrogen-bond donors (Lipinski definition) is 1. The van der Waals surface area contributed by atoms with Crippen molar-refractivity contribution in [3.05, 3.63) is 29.8 Å². The van der Waals surface area contributed by atoms with Crippen LogP contribution in [0.15, 0.2) is 24.3 Å². The first kappa shape index (κ1) is 14.4. The molecule has 19 heavy (non-hydrogen) atoms. The second kappa shape index (κ2) is 6.42. The molecule has 0 spiro atoms. The number of rotatable bonds is 5. The molecular formula is C17H28N2. The van der Waals surface area contributed by atoms with Gasteiger partial charge in [-0.05, 0) is 36.9 Å². The van der Waals surface area contributed by atoms with E-state index in [9.17, 15) is 0 Å². The number of hydrogen-bond acceptors (Lipinski definition) is 2. The average Bonchev–Trinajstić information content (AvgIpc) is 2.43. The highest BCUT2D eigenvalue weighted by molar-refractivity contribution is 5.55. The normalized spacial score (nSPS) is 21.9. The summed E-state index contributed by atoms with van der Waals surface area (Å²) in [6.07, 6.45) is 2.46. The zero-order chi connectivity index (χ0) is 13.8. The summed E-state index contributed by atoms with van der Waals surface area (Å²) >= 11 is 0. The zero-order valence-corrected chi connectivity index (χ0v) is 12.8. The summed E-state index contributed by atoms with van der Waals surface area (Å²) in [5.41, 5.74) is 2.96. The van der Waals surface area contributed by atoms with E-state index in [-0.39, 0.29) is 0 Å². The van der Waals surface area contributed by atoms with Gasteiger partial charge in [0, 0.05) is 24.8 Å². The van der Waals surface area contributed by atoms with Gasteiger partial charge < -0.3 is 10.2 Å². The molecule has 2 heteroatoms. The first-order valence-corrected chi connectivity index (χ1v) is 7.65. The van der Waals surface area contributed by atoms with Gasteiger partial charge in [-0.1, -0.05) is 45.4 Å². The van der Waals surface area contributed by atoms with Crippen molar-refractivity contribution >= 4 is 5.69 Å². The lowest BCUT2D eigenvalue weighted by Gasteiger charge is -2.38. The molecule has 1 aromatic rings. The van der Waals surface area contributed by atoms with Crippen LogP contribution in [0.25, 0.3) is 0 Å². The largest absolute Gasteiger partial charge is 0.369 e. The minimum atomic E-state index is 0.573. The fourth-order valence-electron chi connectivity index (χ4n) is 3.16. The molecule has 3 atom stereocenters. The van der Waals surface area contributed by atoms with Gasteiger partial charge in [0.15, 0.2) is 0 Å². The number of anilines is 1. The maximum Gasteiger partial charge on any atom is 0.0399 e. The summed E-state index contributed by atoms with van der Waals surface area (Å²) in [7, 11) is 2.09. The van der Waals surface area contributed by atoms with E-state index in [1.165, 1.54) is 30.6 Å². The quantitative estimate of drug-likeness (QED) is 0.873. The lowest BCUT2D eigenvalue weighted by molar-refractivity contribution is 0.376. The van der Waals surface area contributed by atoms with Crippen LogP contribution >= 0.6 is 0 Å². The van der Waals surface area contributed by atoms with Crippen LogP contribution in [-0.4, -0.2) is 26.2 Å². The highest BCUT2D eigenvalue weighted by Gasteiger charge is 2.24. The highest BCUT2D eigenvalue weighted by Crippen LogP contribution is 2.29. The lowest BCUT2D eigenvalue weighted by Crippen LogP contribution is -2.46. The molecule has 2 rings (SSSR count). The molecule has 0 bridgehead atoms. The van der Waals surface area contributed by atoms with E-state index >= 15 is 0 Å². The van der Waals surface area contributed by atoms with E-state index in [1.807, 2.05) is 0 Å². The number of nitrogens with one attached hydrogen (secondary N) is 1. The Kier molecular flexibility index (Phi) is 4.87. The van der Waals surface area contributed by atoms with Crippen LogP contribution < -0.4 is 10.2 Å². The van der Waals surface area contributed by atoms with E-state index in [1.54, 1.807) is 0 Å². The maximum absolute atomic E-state index is 3.50. The topological polar surface area (TPSA) is 15.3 Å². The Hall–Kier alpha value is -1.02. The van der Waals surface area contributed by atoms with Crippen molar-refractivity contribution in [3.8, 4) is 0 Å². The van der Waals surface area contributed by atoms with Crippen molar-refractivity contribution in [1.82, 2.24) is 5.32 Å². The van der Waals surface area contributed by atoms with Crippen molar-refractivity contribution in [2.75, 3.05) is 25.0 Å². The third-order valence-corrected chi connectivity index (χ3v) is 4.55. The molecule has 0 aromatic heterocycles. The zero-order valence-electron chi connectivity index (χ0n) is 12.8. The van der Waals surface area contributed by atoms with Crippen molar-refractivity contribution in [2.24, 2.45) is 11.8 Å². The number of nitrogens with zero attached hydrogens (tertiary/aromatic N) is 1. The fourth-order valence-corrected chi connectivity index (χ4v) is 3.16. The van der Waals surface area contributed by atoms with Crippen LogP contribution in [0.1, 0.15) is 32.8 Å². The Morgan fingerprint density at radius 1 is 1.37 bits per heavy atom. The smallest absolute Gasteiger partial charge is 0.0399 e. The molecule has 0 fully saturated rings. The second-order valence-corrected chi connectivity index (χ2v) is 6.12. The molecule has 1 aromatic carbocycles. The first-order chi connectivity index (χ1) is 9.15. The van der Waals surface area contributed by atoms with Crippen molar-refractivity contribution < 1.29 is 0 Å². The SMILES string of the molecule is CCC(C)C(CN1CC(C)Cc2ccccc21)NC. The van der Waals surface area contributed by atoms with Gasteiger partial charge in [-0.15, -0.1) is 0 Å².